The molecule has 0 aromatic heterocycles. The Morgan fingerprint density at radius 2 is 1.87 bits per heavy atom. The number of rotatable bonds is 3. The SMILES string of the molecule is CC1(C)C=Cc2cc(C(=O)NNc3ccc(Br)cc3)ccc2O1. The normalized spacial score (nSPS) is 14.6. The fourth-order valence-electron chi connectivity index (χ4n) is 2.26. The van der Waals surface area contributed by atoms with Gasteiger partial charge in [-0.25, -0.2) is 0 Å². The van der Waals surface area contributed by atoms with E-state index >= 15 is 0 Å². The second-order valence-corrected chi connectivity index (χ2v) is 6.79. The molecule has 0 saturated heterocycles. The van der Waals surface area contributed by atoms with Crippen LogP contribution in [-0.4, -0.2) is 11.5 Å². The molecule has 118 valence electrons. The number of nitrogens with one attached hydrogen (secondary N) is 2. The molecule has 0 spiro atoms. The van der Waals surface area contributed by atoms with Crippen LogP contribution in [0.2, 0.25) is 0 Å². The molecule has 0 aliphatic carbocycles. The summed E-state index contributed by atoms with van der Waals surface area (Å²) >= 11 is 3.37. The molecule has 1 amide bonds. The molecule has 2 aromatic carbocycles. The molecular formula is C18H17BrN2O2. The molecule has 0 unspecified atom stereocenters. The number of halogens is 1. The first-order valence-corrected chi connectivity index (χ1v) is 8.06. The largest absolute Gasteiger partial charge is 0.483 e. The summed E-state index contributed by atoms with van der Waals surface area (Å²) < 4.78 is 6.84. The lowest BCUT2D eigenvalue weighted by atomic mass is 10.0. The van der Waals surface area contributed by atoms with Crippen molar-refractivity contribution < 1.29 is 9.53 Å². The van der Waals surface area contributed by atoms with E-state index in [9.17, 15) is 4.79 Å². The highest BCUT2D eigenvalue weighted by molar-refractivity contribution is 9.10. The topological polar surface area (TPSA) is 50.4 Å². The van der Waals surface area contributed by atoms with E-state index < -0.39 is 0 Å². The van der Waals surface area contributed by atoms with E-state index in [4.69, 9.17) is 4.74 Å². The second-order valence-electron chi connectivity index (χ2n) is 5.88. The summed E-state index contributed by atoms with van der Waals surface area (Å²) in [5.74, 6) is 0.587. The number of fused-ring (bicyclic) bond motifs is 1. The van der Waals surface area contributed by atoms with E-state index in [1.54, 1.807) is 6.07 Å². The number of hydrogen-bond donors (Lipinski definition) is 2. The van der Waals surface area contributed by atoms with Gasteiger partial charge in [0.05, 0.1) is 5.69 Å². The molecule has 2 N–H and O–H groups in total. The van der Waals surface area contributed by atoms with Crippen LogP contribution in [0.4, 0.5) is 5.69 Å². The monoisotopic (exact) mass is 372 g/mol. The molecule has 1 heterocycles. The Hall–Kier alpha value is -2.27. The Labute approximate surface area is 143 Å². The van der Waals surface area contributed by atoms with Crippen LogP contribution in [0.15, 0.2) is 53.0 Å². The van der Waals surface area contributed by atoms with Gasteiger partial charge in [-0.1, -0.05) is 22.0 Å². The summed E-state index contributed by atoms with van der Waals surface area (Å²) in [4.78, 5) is 12.3. The first-order valence-electron chi connectivity index (χ1n) is 7.27. The molecule has 1 aliphatic heterocycles. The summed E-state index contributed by atoms with van der Waals surface area (Å²) in [5.41, 5.74) is 7.55. The van der Waals surface area contributed by atoms with E-state index in [0.29, 0.717) is 5.56 Å². The van der Waals surface area contributed by atoms with Gasteiger partial charge in [-0.15, -0.1) is 0 Å². The molecule has 0 radical (unpaired) electrons. The van der Waals surface area contributed by atoms with Gasteiger partial charge >= 0.3 is 0 Å². The number of carbonyl (C=O) groups is 1. The van der Waals surface area contributed by atoms with Gasteiger partial charge in [-0.3, -0.25) is 15.6 Å². The van der Waals surface area contributed by atoms with Crippen molar-refractivity contribution in [1.82, 2.24) is 5.43 Å². The minimum atomic E-state index is -0.320. The zero-order valence-corrected chi connectivity index (χ0v) is 14.5. The van der Waals surface area contributed by atoms with E-state index in [2.05, 4.69) is 26.8 Å². The summed E-state index contributed by atoms with van der Waals surface area (Å²) in [6, 6.07) is 12.9. The Morgan fingerprint density at radius 3 is 2.61 bits per heavy atom. The molecule has 0 fully saturated rings. The maximum Gasteiger partial charge on any atom is 0.269 e. The predicted molar refractivity (Wildman–Crippen MR) is 95.4 cm³/mol. The summed E-state index contributed by atoms with van der Waals surface area (Å²) in [5, 5.41) is 0. The molecule has 0 bridgehead atoms. The number of hydrogen-bond acceptors (Lipinski definition) is 3. The molecule has 1 aliphatic rings. The number of anilines is 1. The zero-order chi connectivity index (χ0) is 16.4. The molecular weight excluding hydrogens is 356 g/mol. The van der Waals surface area contributed by atoms with E-state index in [1.807, 2.05) is 62.4 Å². The van der Waals surface area contributed by atoms with Crippen LogP contribution in [0.5, 0.6) is 5.75 Å². The van der Waals surface area contributed by atoms with E-state index in [-0.39, 0.29) is 11.5 Å². The van der Waals surface area contributed by atoms with Crippen molar-refractivity contribution in [2.45, 2.75) is 19.4 Å². The van der Waals surface area contributed by atoms with Crippen molar-refractivity contribution in [3.63, 3.8) is 0 Å². The molecule has 5 heteroatoms. The highest BCUT2D eigenvalue weighted by atomic mass is 79.9. The highest BCUT2D eigenvalue weighted by Crippen LogP contribution is 2.31. The van der Waals surface area contributed by atoms with Crippen LogP contribution < -0.4 is 15.6 Å². The van der Waals surface area contributed by atoms with Crippen molar-refractivity contribution in [2.75, 3.05) is 5.43 Å². The molecule has 0 atom stereocenters. The van der Waals surface area contributed by atoms with Gasteiger partial charge in [0.25, 0.3) is 5.91 Å². The summed E-state index contributed by atoms with van der Waals surface area (Å²) in [6.45, 7) is 3.99. The lowest BCUT2D eigenvalue weighted by Crippen LogP contribution is -2.30. The van der Waals surface area contributed by atoms with Gasteiger partial charge in [-0.05, 0) is 62.4 Å². The minimum absolute atomic E-state index is 0.200. The molecule has 0 saturated carbocycles. The van der Waals surface area contributed by atoms with Gasteiger partial charge < -0.3 is 4.74 Å². The average molecular weight is 373 g/mol. The van der Waals surface area contributed by atoms with Crippen molar-refractivity contribution in [3.05, 3.63) is 64.1 Å². The smallest absolute Gasteiger partial charge is 0.269 e. The lowest BCUT2D eigenvalue weighted by molar-refractivity contribution is 0.0962. The van der Waals surface area contributed by atoms with Crippen molar-refractivity contribution >= 4 is 33.6 Å². The highest BCUT2D eigenvalue weighted by Gasteiger charge is 2.22. The lowest BCUT2D eigenvalue weighted by Gasteiger charge is -2.27. The summed E-state index contributed by atoms with van der Waals surface area (Å²) in [6.07, 6.45) is 3.97. The first-order chi connectivity index (χ1) is 10.9. The molecule has 23 heavy (non-hydrogen) atoms. The van der Waals surface area contributed by atoms with Crippen LogP contribution in [0.3, 0.4) is 0 Å². The van der Waals surface area contributed by atoms with Gasteiger partial charge in [0.2, 0.25) is 0 Å². The predicted octanol–water partition coefficient (Wildman–Crippen LogP) is 4.39. The van der Waals surface area contributed by atoms with Crippen LogP contribution >= 0.6 is 15.9 Å². The van der Waals surface area contributed by atoms with Crippen molar-refractivity contribution in [1.29, 1.82) is 0 Å². The molecule has 2 aromatic rings. The maximum atomic E-state index is 12.3. The average Bonchev–Trinajstić information content (AvgIpc) is 2.53. The van der Waals surface area contributed by atoms with Crippen LogP contribution in [0.25, 0.3) is 6.08 Å². The first kappa shape index (κ1) is 15.6. The van der Waals surface area contributed by atoms with Gasteiger partial charge in [0.1, 0.15) is 11.4 Å². The molecule has 4 nitrogen and oxygen atoms in total. The van der Waals surface area contributed by atoms with Crippen LogP contribution in [0.1, 0.15) is 29.8 Å². The second kappa shape index (κ2) is 6.08. The van der Waals surface area contributed by atoms with Gasteiger partial charge in [0.15, 0.2) is 0 Å². The van der Waals surface area contributed by atoms with Crippen LogP contribution in [-0.2, 0) is 0 Å². The molecule has 3 rings (SSSR count). The standard InChI is InChI=1S/C18H17BrN2O2/c1-18(2)10-9-12-11-13(3-8-16(12)23-18)17(22)21-20-15-6-4-14(19)5-7-15/h3-11,20H,1-2H3,(H,21,22). The fourth-order valence-corrected chi connectivity index (χ4v) is 2.52. The Bertz CT molecular complexity index is 767. The Kier molecular flexibility index (Phi) is 4.13. The van der Waals surface area contributed by atoms with E-state index in [0.717, 1.165) is 21.5 Å². The number of carbonyl (C=O) groups excluding carboxylic acids is 1. The minimum Gasteiger partial charge on any atom is -0.483 e. The number of hydrazine groups is 1. The van der Waals surface area contributed by atoms with Crippen molar-refractivity contribution in [3.8, 4) is 5.75 Å². The van der Waals surface area contributed by atoms with Crippen molar-refractivity contribution in [2.24, 2.45) is 0 Å². The van der Waals surface area contributed by atoms with Gasteiger partial charge in [0, 0.05) is 15.6 Å². The number of benzene rings is 2. The number of amides is 1. The fraction of sp³-hybridized carbons (Fsp3) is 0.167. The zero-order valence-electron chi connectivity index (χ0n) is 12.9. The quantitative estimate of drug-likeness (QED) is 0.785. The third kappa shape index (κ3) is 3.74. The third-order valence-electron chi connectivity index (χ3n) is 3.47. The maximum absolute atomic E-state index is 12.3. The van der Waals surface area contributed by atoms with E-state index in [1.165, 1.54) is 0 Å². The number of ether oxygens (including phenoxy) is 1. The Balaban J connectivity index is 1.70. The van der Waals surface area contributed by atoms with Crippen LogP contribution in [0, 0.1) is 0 Å². The summed E-state index contributed by atoms with van der Waals surface area (Å²) in [7, 11) is 0. The third-order valence-corrected chi connectivity index (χ3v) is 4.00. The Morgan fingerprint density at radius 1 is 1.13 bits per heavy atom. The van der Waals surface area contributed by atoms with Gasteiger partial charge in [-0.2, -0.15) is 0 Å².